The fourth-order valence-electron chi connectivity index (χ4n) is 1.91. The summed E-state index contributed by atoms with van der Waals surface area (Å²) in [7, 11) is 0. The zero-order valence-corrected chi connectivity index (χ0v) is 9.64. The van der Waals surface area contributed by atoms with E-state index < -0.39 is 35.4 Å². The normalized spacial score (nSPS) is 24.4. The van der Waals surface area contributed by atoms with E-state index in [1.807, 2.05) is 0 Å². The fraction of sp³-hybridized carbons (Fsp3) is 0.231. The minimum Gasteiger partial charge on any atom is -0.314 e. The van der Waals surface area contributed by atoms with Gasteiger partial charge in [0.1, 0.15) is 17.2 Å². The first-order chi connectivity index (χ1) is 8.74. The molecule has 1 nitrogen and oxygen atoms in total. The topological polar surface area (TPSA) is 26.0 Å². The highest BCUT2D eigenvalue weighted by Crippen LogP contribution is 2.44. The maximum atomic E-state index is 13.8. The van der Waals surface area contributed by atoms with Gasteiger partial charge in [-0.2, -0.15) is 13.2 Å². The van der Waals surface area contributed by atoms with Crippen molar-refractivity contribution >= 4 is 5.57 Å². The van der Waals surface area contributed by atoms with Crippen molar-refractivity contribution in [1.82, 2.24) is 0 Å². The Morgan fingerprint density at radius 2 is 1.63 bits per heavy atom. The lowest BCUT2D eigenvalue weighted by Crippen LogP contribution is -2.53. The van der Waals surface area contributed by atoms with Gasteiger partial charge in [0.15, 0.2) is 0 Å². The summed E-state index contributed by atoms with van der Waals surface area (Å²) in [5, 5.41) is 0. The number of benzene rings is 1. The number of halogens is 5. The van der Waals surface area contributed by atoms with Gasteiger partial charge in [-0.15, -0.1) is 0 Å². The highest BCUT2D eigenvalue weighted by Gasteiger charge is 2.53. The third-order valence-corrected chi connectivity index (χ3v) is 2.93. The van der Waals surface area contributed by atoms with Gasteiger partial charge in [-0.05, 0) is 11.6 Å². The van der Waals surface area contributed by atoms with Crippen LogP contribution in [0.3, 0.4) is 0 Å². The fourth-order valence-corrected chi connectivity index (χ4v) is 1.91. The Bertz CT molecular complexity index is 544. The molecule has 1 aromatic rings. The summed E-state index contributed by atoms with van der Waals surface area (Å²) in [5.74, 6) is -2.50. The Kier molecular flexibility index (Phi) is 3.22. The molecule has 1 aromatic carbocycles. The number of nitrogens with two attached hydrogens (primary N) is 1. The second-order valence-corrected chi connectivity index (χ2v) is 4.35. The van der Waals surface area contributed by atoms with Crippen LogP contribution in [-0.4, -0.2) is 11.7 Å². The van der Waals surface area contributed by atoms with Gasteiger partial charge >= 0.3 is 6.18 Å². The Morgan fingerprint density at radius 3 is 2.11 bits per heavy atom. The van der Waals surface area contributed by atoms with Crippen LogP contribution in [-0.2, 0) is 0 Å². The van der Waals surface area contributed by atoms with Crippen LogP contribution in [0.25, 0.3) is 5.57 Å². The van der Waals surface area contributed by atoms with Crippen molar-refractivity contribution in [3.63, 3.8) is 0 Å². The van der Waals surface area contributed by atoms with Crippen LogP contribution < -0.4 is 5.73 Å². The molecule has 1 aliphatic carbocycles. The van der Waals surface area contributed by atoms with Gasteiger partial charge in [0, 0.05) is 12.0 Å². The van der Waals surface area contributed by atoms with E-state index in [9.17, 15) is 22.0 Å². The van der Waals surface area contributed by atoms with Crippen LogP contribution in [0.5, 0.6) is 0 Å². The molecular weight excluding hydrogens is 265 g/mol. The molecule has 19 heavy (non-hydrogen) atoms. The lowest BCUT2D eigenvalue weighted by atomic mass is 9.85. The average Bonchev–Trinajstić information content (AvgIpc) is 2.27. The Hall–Kier alpha value is -1.69. The Labute approximate surface area is 106 Å². The molecule has 2 N–H and O–H groups in total. The van der Waals surface area contributed by atoms with E-state index in [1.54, 1.807) is 6.07 Å². The highest BCUT2D eigenvalue weighted by molar-refractivity contribution is 5.80. The molecule has 0 amide bonds. The molecule has 6 heteroatoms. The maximum Gasteiger partial charge on any atom is 0.410 e. The van der Waals surface area contributed by atoms with Gasteiger partial charge in [-0.3, -0.25) is 0 Å². The molecule has 0 radical (unpaired) electrons. The molecule has 0 saturated heterocycles. The molecule has 0 aliphatic heterocycles. The molecule has 1 atom stereocenters. The minimum absolute atomic E-state index is 0.179. The number of hydrogen-bond acceptors (Lipinski definition) is 1. The van der Waals surface area contributed by atoms with E-state index >= 15 is 0 Å². The summed E-state index contributed by atoms with van der Waals surface area (Å²) in [4.78, 5) is 0. The van der Waals surface area contributed by atoms with Crippen molar-refractivity contribution in [3.05, 3.63) is 53.6 Å². The van der Waals surface area contributed by atoms with Gasteiger partial charge in [-0.1, -0.05) is 30.3 Å². The summed E-state index contributed by atoms with van der Waals surface area (Å²) < 4.78 is 65.7. The molecule has 102 valence electrons. The molecule has 0 fully saturated rings. The molecule has 0 saturated carbocycles. The van der Waals surface area contributed by atoms with Crippen LogP contribution in [0.4, 0.5) is 22.0 Å². The molecule has 0 bridgehead atoms. The third-order valence-electron chi connectivity index (χ3n) is 2.93. The molecule has 2 rings (SSSR count). The van der Waals surface area contributed by atoms with Crippen molar-refractivity contribution in [1.29, 1.82) is 0 Å². The SMILES string of the molecule is NC1(C(F)(F)F)C=C(F)C(c2ccccc2)=C(F)C1. The second kappa shape index (κ2) is 4.45. The van der Waals surface area contributed by atoms with Crippen molar-refractivity contribution < 1.29 is 22.0 Å². The van der Waals surface area contributed by atoms with E-state index in [0.717, 1.165) is 0 Å². The second-order valence-electron chi connectivity index (χ2n) is 4.35. The average molecular weight is 275 g/mol. The standard InChI is InChI=1S/C13H10F5N/c14-9-6-12(19,13(16,17)18)7-10(15)11(9)8-4-2-1-3-5-8/h1-6H,7,19H2. The highest BCUT2D eigenvalue weighted by atomic mass is 19.4. The van der Waals surface area contributed by atoms with Crippen molar-refractivity contribution in [2.45, 2.75) is 18.1 Å². The first-order valence-corrected chi connectivity index (χ1v) is 5.43. The zero-order valence-electron chi connectivity index (χ0n) is 9.64. The molecule has 0 heterocycles. The lowest BCUT2D eigenvalue weighted by molar-refractivity contribution is -0.172. The molecule has 1 aliphatic rings. The maximum absolute atomic E-state index is 13.8. The van der Waals surface area contributed by atoms with Crippen LogP contribution in [0.15, 0.2) is 48.1 Å². The van der Waals surface area contributed by atoms with Gasteiger partial charge in [0.2, 0.25) is 0 Å². The summed E-state index contributed by atoms with van der Waals surface area (Å²) in [6, 6.07) is 7.54. The molecular formula is C13H10F5N. The quantitative estimate of drug-likeness (QED) is 0.773. The number of alkyl halides is 3. The summed E-state index contributed by atoms with van der Waals surface area (Å²) >= 11 is 0. The number of rotatable bonds is 1. The summed E-state index contributed by atoms with van der Waals surface area (Å²) in [5.41, 5.74) is 1.75. The van der Waals surface area contributed by atoms with E-state index in [0.29, 0.717) is 0 Å². The Balaban J connectivity index is 2.47. The largest absolute Gasteiger partial charge is 0.410 e. The van der Waals surface area contributed by atoms with Crippen molar-refractivity contribution in [2.24, 2.45) is 5.73 Å². The Morgan fingerprint density at radius 1 is 1.05 bits per heavy atom. The smallest absolute Gasteiger partial charge is 0.314 e. The number of hydrogen-bond donors (Lipinski definition) is 1. The predicted octanol–water partition coefficient (Wildman–Crippen LogP) is 3.88. The first-order valence-electron chi connectivity index (χ1n) is 5.43. The van der Waals surface area contributed by atoms with Crippen LogP contribution in [0, 0.1) is 0 Å². The molecule has 1 unspecified atom stereocenters. The van der Waals surface area contributed by atoms with Gasteiger partial charge in [0.25, 0.3) is 0 Å². The van der Waals surface area contributed by atoms with Gasteiger partial charge in [-0.25, -0.2) is 8.78 Å². The van der Waals surface area contributed by atoms with E-state index in [1.165, 1.54) is 24.3 Å². The molecule has 0 spiro atoms. The van der Waals surface area contributed by atoms with E-state index in [-0.39, 0.29) is 11.6 Å². The van der Waals surface area contributed by atoms with Crippen LogP contribution in [0.1, 0.15) is 12.0 Å². The van der Waals surface area contributed by atoms with E-state index in [2.05, 4.69) is 0 Å². The predicted molar refractivity (Wildman–Crippen MR) is 61.3 cm³/mol. The van der Waals surface area contributed by atoms with E-state index in [4.69, 9.17) is 5.73 Å². The van der Waals surface area contributed by atoms with Crippen LogP contribution >= 0.6 is 0 Å². The summed E-state index contributed by atoms with van der Waals surface area (Å²) in [6.45, 7) is 0. The summed E-state index contributed by atoms with van der Waals surface area (Å²) in [6.07, 6.45) is -5.78. The minimum atomic E-state index is -4.91. The lowest BCUT2D eigenvalue weighted by Gasteiger charge is -2.31. The third kappa shape index (κ3) is 2.40. The molecule has 0 aromatic heterocycles. The first kappa shape index (κ1) is 13.7. The monoisotopic (exact) mass is 275 g/mol. The van der Waals surface area contributed by atoms with Crippen LogP contribution in [0.2, 0.25) is 0 Å². The number of allylic oxidation sites excluding steroid dienone is 2. The van der Waals surface area contributed by atoms with Crippen molar-refractivity contribution in [3.8, 4) is 0 Å². The zero-order chi connectivity index (χ0) is 14.3. The van der Waals surface area contributed by atoms with Gasteiger partial charge < -0.3 is 5.73 Å². The van der Waals surface area contributed by atoms with Crippen molar-refractivity contribution in [2.75, 3.05) is 0 Å². The van der Waals surface area contributed by atoms with Gasteiger partial charge in [0.05, 0.1) is 0 Å².